The molecule has 1 aliphatic carbocycles. The molecule has 0 saturated carbocycles. The molecule has 0 amide bonds. The molecule has 0 aromatic heterocycles. The summed E-state index contributed by atoms with van der Waals surface area (Å²) in [5, 5.41) is 0. The molecule has 0 spiro atoms. The Morgan fingerprint density at radius 3 is 2.14 bits per heavy atom. The lowest BCUT2D eigenvalue weighted by Gasteiger charge is -2.09. The molecule has 3 aromatic carbocycles. The van der Waals surface area contributed by atoms with Crippen molar-refractivity contribution in [3.8, 4) is 0 Å². The maximum atomic E-state index is 8.75. The number of rotatable bonds is 3. The predicted octanol–water partition coefficient (Wildman–Crippen LogP) is 5.40. The highest BCUT2D eigenvalue weighted by Gasteiger charge is 2.21. The molecule has 4 rings (SSSR count). The van der Waals surface area contributed by atoms with Crippen LogP contribution >= 0.6 is 0 Å². The molecular weight excluding hydrogens is 264 g/mol. The van der Waals surface area contributed by atoms with Gasteiger partial charge in [0.05, 0.1) is 0 Å². The van der Waals surface area contributed by atoms with Crippen LogP contribution in [0, 0.1) is 0 Å². The molecule has 0 fully saturated rings. The molecule has 1 aliphatic rings. The van der Waals surface area contributed by atoms with Gasteiger partial charge >= 0.3 is 0 Å². The summed E-state index contributed by atoms with van der Waals surface area (Å²) in [5.74, 6) is 0. The zero-order valence-electron chi connectivity index (χ0n) is 13.4. The van der Waals surface area contributed by atoms with E-state index in [0.29, 0.717) is 0 Å². The maximum Gasteiger partial charge on any atom is 0.0366 e. The minimum atomic E-state index is -0.299. The first-order valence-electron chi connectivity index (χ1n) is 8.26. The van der Waals surface area contributed by atoms with E-state index in [1.165, 1.54) is 16.7 Å². The molecule has 0 N–H and O–H groups in total. The lowest BCUT2D eigenvalue weighted by Crippen LogP contribution is -1.91. The van der Waals surface area contributed by atoms with Crippen molar-refractivity contribution in [1.29, 1.82) is 0 Å². The first kappa shape index (κ1) is 12.0. The van der Waals surface area contributed by atoms with Crippen LogP contribution in [0.15, 0.2) is 84.9 Å². The van der Waals surface area contributed by atoms with Gasteiger partial charge in [0.15, 0.2) is 0 Å². The van der Waals surface area contributed by atoms with Gasteiger partial charge in [-0.1, -0.05) is 84.9 Å². The molecule has 1 atom stereocenters. The predicted molar refractivity (Wildman–Crippen MR) is 93.5 cm³/mol. The van der Waals surface area contributed by atoms with Gasteiger partial charge < -0.3 is 0 Å². The Morgan fingerprint density at radius 2 is 1.36 bits per heavy atom. The van der Waals surface area contributed by atoms with Crippen LogP contribution in [0.3, 0.4) is 0 Å². The average molecular weight is 283 g/mol. The Bertz CT molecular complexity index is 847. The molecule has 1 unspecified atom stereocenters. The average Bonchev–Trinajstić information content (AvgIpc) is 2.89. The van der Waals surface area contributed by atoms with Crippen molar-refractivity contribution in [2.75, 3.05) is 0 Å². The summed E-state index contributed by atoms with van der Waals surface area (Å²) in [6.07, 6.45) is 0.574. The summed E-state index contributed by atoms with van der Waals surface area (Å²) in [6, 6.07) is 29.3. The van der Waals surface area contributed by atoms with Gasteiger partial charge in [-0.25, -0.2) is 0 Å². The smallest absolute Gasteiger partial charge is 0.0366 e. The van der Waals surface area contributed by atoms with Crippen molar-refractivity contribution in [1.82, 2.24) is 0 Å². The minimum Gasteiger partial charge on any atom is -0.0622 e. The van der Waals surface area contributed by atoms with E-state index in [1.807, 2.05) is 18.2 Å². The second kappa shape index (κ2) is 5.65. The number of allylic oxidation sites excluding steroid dienone is 2. The van der Waals surface area contributed by atoms with E-state index in [9.17, 15) is 0 Å². The van der Waals surface area contributed by atoms with Gasteiger partial charge in [0.2, 0.25) is 0 Å². The third-order valence-electron chi connectivity index (χ3n) is 4.22. The number of hydrogen-bond acceptors (Lipinski definition) is 0. The Balaban J connectivity index is 1.88. The quantitative estimate of drug-likeness (QED) is 0.604. The van der Waals surface area contributed by atoms with Crippen LogP contribution < -0.4 is 0 Å². The molecule has 22 heavy (non-hydrogen) atoms. The van der Waals surface area contributed by atoms with Crippen LogP contribution in [0.1, 0.15) is 23.6 Å². The van der Waals surface area contributed by atoms with Crippen molar-refractivity contribution < 1.29 is 1.37 Å². The van der Waals surface area contributed by atoms with Gasteiger partial charge in [0, 0.05) is 1.37 Å². The largest absolute Gasteiger partial charge is 0.0622 e. The van der Waals surface area contributed by atoms with Crippen molar-refractivity contribution >= 4 is 11.1 Å². The van der Waals surface area contributed by atoms with Gasteiger partial charge in [0.1, 0.15) is 0 Å². The van der Waals surface area contributed by atoms with Crippen LogP contribution in [0.4, 0.5) is 0 Å². The van der Waals surface area contributed by atoms with Crippen LogP contribution in [-0.2, 0) is 12.8 Å². The normalized spacial score (nSPS) is 17.3. The lowest BCUT2D eigenvalue weighted by atomic mass is 9.95. The van der Waals surface area contributed by atoms with Crippen molar-refractivity contribution in [3.63, 3.8) is 0 Å². The van der Waals surface area contributed by atoms with Gasteiger partial charge in [-0.2, -0.15) is 0 Å². The molecule has 3 aromatic rings. The van der Waals surface area contributed by atoms with E-state index in [1.54, 1.807) is 0 Å². The van der Waals surface area contributed by atoms with E-state index < -0.39 is 0 Å². The Hall–Kier alpha value is -2.60. The monoisotopic (exact) mass is 283 g/mol. The van der Waals surface area contributed by atoms with Crippen molar-refractivity contribution in [2.24, 2.45) is 0 Å². The minimum absolute atomic E-state index is 0.299. The second-order valence-corrected chi connectivity index (χ2v) is 5.65. The zero-order chi connectivity index (χ0) is 15.6. The third-order valence-corrected chi connectivity index (χ3v) is 4.22. The van der Waals surface area contributed by atoms with E-state index in [2.05, 4.69) is 66.7 Å². The number of benzene rings is 3. The molecule has 0 aliphatic heterocycles. The molecule has 0 heteroatoms. The van der Waals surface area contributed by atoms with Crippen LogP contribution in [0.25, 0.3) is 11.1 Å². The van der Waals surface area contributed by atoms with Gasteiger partial charge in [-0.05, 0) is 46.2 Å². The fourth-order valence-electron chi connectivity index (χ4n) is 3.15. The Labute approximate surface area is 133 Å². The number of fused-ring (bicyclic) bond motifs is 1. The molecule has 0 bridgehead atoms. The highest BCUT2D eigenvalue weighted by Crippen LogP contribution is 2.39. The third kappa shape index (κ3) is 2.37. The fraction of sp³-hybridized carbons (Fsp3) is 0.0909. The fourth-order valence-corrected chi connectivity index (χ4v) is 3.15. The highest BCUT2D eigenvalue weighted by molar-refractivity contribution is 5.97. The summed E-state index contributed by atoms with van der Waals surface area (Å²) in [7, 11) is 0. The first-order valence-corrected chi connectivity index (χ1v) is 7.68. The molecule has 0 heterocycles. The molecule has 0 saturated heterocycles. The molecule has 0 nitrogen and oxygen atoms in total. The number of hydrogen-bond donors (Lipinski definition) is 0. The van der Waals surface area contributed by atoms with Gasteiger partial charge in [-0.3, -0.25) is 0 Å². The van der Waals surface area contributed by atoms with Crippen LogP contribution in [0.5, 0.6) is 0 Å². The summed E-state index contributed by atoms with van der Waals surface area (Å²) in [6.45, 7) is 0. The molecule has 0 radical (unpaired) electrons. The SMILES string of the molecule is [2H]C1C(c2ccccc2)=C(Cc2ccccc2)c2ccccc21. The summed E-state index contributed by atoms with van der Waals surface area (Å²) < 4.78 is 8.75. The topological polar surface area (TPSA) is 0 Å². The van der Waals surface area contributed by atoms with Gasteiger partial charge in [-0.15, -0.1) is 0 Å². The van der Waals surface area contributed by atoms with E-state index >= 15 is 0 Å². The molecular formula is C22H18. The summed E-state index contributed by atoms with van der Waals surface area (Å²) in [5.41, 5.74) is 7.25. The maximum absolute atomic E-state index is 8.75. The van der Waals surface area contributed by atoms with Crippen molar-refractivity contribution in [3.05, 3.63) is 107 Å². The van der Waals surface area contributed by atoms with E-state index in [-0.39, 0.29) is 6.40 Å². The van der Waals surface area contributed by atoms with Crippen LogP contribution in [-0.4, -0.2) is 0 Å². The standard InChI is InChI=1S/C22H18/c1-3-9-17(10-4-1)15-22-20-14-8-7-13-19(20)16-21(22)18-11-5-2-6-12-18/h1-14H,15-16H2/i16D. The van der Waals surface area contributed by atoms with Crippen LogP contribution in [0.2, 0.25) is 0 Å². The highest BCUT2D eigenvalue weighted by atomic mass is 14.3. The first-order chi connectivity index (χ1) is 11.3. The Morgan fingerprint density at radius 1 is 0.727 bits per heavy atom. The zero-order valence-corrected chi connectivity index (χ0v) is 12.4. The molecule has 106 valence electrons. The van der Waals surface area contributed by atoms with E-state index in [4.69, 9.17) is 1.37 Å². The van der Waals surface area contributed by atoms with Crippen molar-refractivity contribution in [2.45, 2.75) is 12.8 Å². The second-order valence-electron chi connectivity index (χ2n) is 5.65. The lowest BCUT2D eigenvalue weighted by molar-refractivity contribution is 1.29. The Kier molecular flexibility index (Phi) is 3.08. The summed E-state index contributed by atoms with van der Waals surface area (Å²) in [4.78, 5) is 0. The summed E-state index contributed by atoms with van der Waals surface area (Å²) >= 11 is 0. The van der Waals surface area contributed by atoms with Gasteiger partial charge in [0.25, 0.3) is 0 Å². The van der Waals surface area contributed by atoms with E-state index in [0.717, 1.165) is 23.1 Å².